The number of likely N-dealkylation sites (tertiary alicyclic amines) is 1. The Bertz CT molecular complexity index is 782. The van der Waals surface area contributed by atoms with Crippen molar-refractivity contribution in [3.8, 4) is 0 Å². The maximum Gasteiger partial charge on any atom is 0.261 e. The van der Waals surface area contributed by atoms with Gasteiger partial charge in [0.2, 0.25) is 5.91 Å². The lowest BCUT2D eigenvalue weighted by Gasteiger charge is -2.51. The van der Waals surface area contributed by atoms with Crippen LogP contribution in [0.3, 0.4) is 0 Å². The maximum atomic E-state index is 12.9. The Balaban J connectivity index is 1.58. The Morgan fingerprint density at radius 2 is 1.93 bits per heavy atom. The SMILES string of the molecule is CC1(C)C[C@H](NC(=O)c2cccs2)[C@@]2(CCC(=O)N3CCCC3)CC[C@](C)(O)C[C@@H]12. The summed E-state index contributed by atoms with van der Waals surface area (Å²) in [5, 5.41) is 16.2. The van der Waals surface area contributed by atoms with Crippen molar-refractivity contribution in [3.05, 3.63) is 22.4 Å². The van der Waals surface area contributed by atoms with E-state index in [2.05, 4.69) is 19.2 Å². The lowest BCUT2D eigenvalue weighted by molar-refractivity contribution is -0.132. The quantitative estimate of drug-likeness (QED) is 0.732. The molecule has 30 heavy (non-hydrogen) atoms. The van der Waals surface area contributed by atoms with Crippen LogP contribution < -0.4 is 5.32 Å². The molecule has 166 valence electrons. The summed E-state index contributed by atoms with van der Waals surface area (Å²) in [5.41, 5.74) is -0.792. The van der Waals surface area contributed by atoms with E-state index in [1.54, 1.807) is 0 Å². The van der Waals surface area contributed by atoms with E-state index in [0.717, 1.165) is 62.9 Å². The number of nitrogens with one attached hydrogen (secondary N) is 1. The van der Waals surface area contributed by atoms with Crippen molar-refractivity contribution in [2.45, 2.75) is 83.8 Å². The first-order valence-electron chi connectivity index (χ1n) is 11.5. The topological polar surface area (TPSA) is 69.6 Å². The van der Waals surface area contributed by atoms with Crippen LogP contribution in [0.1, 0.15) is 81.8 Å². The number of hydrogen-bond donors (Lipinski definition) is 2. The predicted molar refractivity (Wildman–Crippen MR) is 119 cm³/mol. The van der Waals surface area contributed by atoms with E-state index in [4.69, 9.17) is 0 Å². The van der Waals surface area contributed by atoms with Crippen LogP contribution in [0, 0.1) is 16.7 Å². The minimum Gasteiger partial charge on any atom is -0.390 e. The summed E-state index contributed by atoms with van der Waals surface area (Å²) in [5.74, 6) is 0.536. The number of amides is 2. The number of carbonyl (C=O) groups excluding carboxylic acids is 2. The molecule has 2 aliphatic carbocycles. The molecule has 4 rings (SSSR count). The number of nitrogens with zero attached hydrogens (tertiary/aromatic N) is 1. The van der Waals surface area contributed by atoms with E-state index in [0.29, 0.717) is 6.42 Å². The third-order valence-corrected chi connectivity index (χ3v) is 9.02. The molecule has 0 spiro atoms. The monoisotopic (exact) mass is 432 g/mol. The van der Waals surface area contributed by atoms with Gasteiger partial charge in [-0.1, -0.05) is 19.9 Å². The molecule has 0 bridgehead atoms. The van der Waals surface area contributed by atoms with Crippen LogP contribution in [0.2, 0.25) is 0 Å². The van der Waals surface area contributed by atoms with Crippen molar-refractivity contribution >= 4 is 23.2 Å². The van der Waals surface area contributed by atoms with Gasteiger partial charge in [0.05, 0.1) is 10.5 Å². The molecule has 1 aliphatic heterocycles. The van der Waals surface area contributed by atoms with E-state index in [1.165, 1.54) is 11.3 Å². The van der Waals surface area contributed by atoms with E-state index in [1.807, 2.05) is 29.3 Å². The van der Waals surface area contributed by atoms with Gasteiger partial charge in [0.1, 0.15) is 0 Å². The van der Waals surface area contributed by atoms with Crippen molar-refractivity contribution in [1.29, 1.82) is 0 Å². The second-order valence-corrected chi connectivity index (χ2v) is 11.7. The zero-order valence-electron chi connectivity index (χ0n) is 18.6. The molecule has 0 unspecified atom stereocenters. The number of thiophene rings is 1. The van der Waals surface area contributed by atoms with Crippen molar-refractivity contribution in [2.24, 2.45) is 16.7 Å². The third-order valence-electron chi connectivity index (χ3n) is 8.15. The molecule has 3 fully saturated rings. The summed E-state index contributed by atoms with van der Waals surface area (Å²) in [4.78, 5) is 28.5. The predicted octanol–water partition coefficient (Wildman–Crippen LogP) is 4.22. The summed E-state index contributed by atoms with van der Waals surface area (Å²) in [6, 6.07) is 3.81. The van der Waals surface area contributed by atoms with Crippen molar-refractivity contribution in [2.75, 3.05) is 13.1 Å². The van der Waals surface area contributed by atoms with Crippen molar-refractivity contribution in [3.63, 3.8) is 0 Å². The average Bonchev–Trinajstić information content (AvgIpc) is 3.42. The van der Waals surface area contributed by atoms with E-state index < -0.39 is 5.60 Å². The number of carbonyl (C=O) groups is 2. The second-order valence-electron chi connectivity index (χ2n) is 10.8. The van der Waals surface area contributed by atoms with E-state index in [9.17, 15) is 14.7 Å². The molecule has 2 amide bonds. The van der Waals surface area contributed by atoms with Gasteiger partial charge in [0, 0.05) is 25.6 Å². The number of hydrogen-bond acceptors (Lipinski definition) is 4. The summed E-state index contributed by atoms with van der Waals surface area (Å²) in [6.07, 6.45) is 6.76. The molecule has 2 heterocycles. The Morgan fingerprint density at radius 1 is 1.20 bits per heavy atom. The number of rotatable bonds is 5. The van der Waals surface area contributed by atoms with Gasteiger partial charge in [-0.05, 0) is 80.1 Å². The number of aliphatic hydroxyl groups is 1. The van der Waals surface area contributed by atoms with Crippen LogP contribution in [0.15, 0.2) is 17.5 Å². The first-order valence-corrected chi connectivity index (χ1v) is 12.4. The van der Waals surface area contributed by atoms with Gasteiger partial charge in [0.25, 0.3) is 5.91 Å². The molecule has 0 radical (unpaired) electrons. The molecule has 1 saturated heterocycles. The van der Waals surface area contributed by atoms with Crippen molar-refractivity contribution < 1.29 is 14.7 Å². The van der Waals surface area contributed by atoms with E-state index >= 15 is 0 Å². The molecule has 4 atom stereocenters. The third kappa shape index (κ3) is 4.05. The highest BCUT2D eigenvalue weighted by Crippen LogP contribution is 2.64. The summed E-state index contributed by atoms with van der Waals surface area (Å²) in [6.45, 7) is 8.25. The zero-order valence-corrected chi connectivity index (χ0v) is 19.4. The normalized spacial score (nSPS) is 35.3. The molecule has 2 saturated carbocycles. The zero-order chi connectivity index (χ0) is 21.6. The summed E-state index contributed by atoms with van der Waals surface area (Å²) in [7, 11) is 0. The van der Waals surface area contributed by atoms with Crippen LogP contribution in [0.25, 0.3) is 0 Å². The standard InChI is InChI=1S/C24H36N2O3S/c1-22(2)16-19(25-21(28)17-7-6-14-30-17)24(11-10-23(3,29)15-18(22)24)9-8-20(27)26-12-4-5-13-26/h6-7,14,18-19,29H,4-5,8-13,15-16H2,1-3H3,(H,25,28)/t18-,19-,23-,24-/m0/s1. The molecule has 5 nitrogen and oxygen atoms in total. The van der Waals surface area contributed by atoms with Crippen LogP contribution in [0.4, 0.5) is 0 Å². The van der Waals surface area contributed by atoms with Gasteiger partial charge in [-0.3, -0.25) is 9.59 Å². The largest absolute Gasteiger partial charge is 0.390 e. The van der Waals surface area contributed by atoms with Crippen molar-refractivity contribution in [1.82, 2.24) is 10.2 Å². The molecule has 6 heteroatoms. The maximum absolute atomic E-state index is 12.9. The lowest BCUT2D eigenvalue weighted by atomic mass is 9.57. The summed E-state index contributed by atoms with van der Waals surface area (Å²) < 4.78 is 0. The Labute approximate surface area is 184 Å². The Hall–Kier alpha value is -1.40. The Kier molecular flexibility index (Phi) is 5.77. The summed E-state index contributed by atoms with van der Waals surface area (Å²) >= 11 is 1.46. The molecule has 1 aromatic rings. The van der Waals surface area contributed by atoms with Gasteiger partial charge >= 0.3 is 0 Å². The van der Waals surface area contributed by atoms with Gasteiger partial charge in [0.15, 0.2) is 0 Å². The fourth-order valence-corrected chi connectivity index (χ4v) is 7.16. The second kappa shape index (κ2) is 7.94. The first kappa shape index (κ1) is 21.8. The molecule has 3 aliphatic rings. The molecule has 1 aromatic heterocycles. The highest BCUT2D eigenvalue weighted by molar-refractivity contribution is 7.12. The van der Waals surface area contributed by atoms with Gasteiger partial charge in [-0.15, -0.1) is 11.3 Å². The fraction of sp³-hybridized carbons (Fsp3) is 0.750. The van der Waals surface area contributed by atoms with E-state index in [-0.39, 0.29) is 34.6 Å². The first-order chi connectivity index (χ1) is 14.1. The highest BCUT2D eigenvalue weighted by atomic mass is 32.1. The molecular weight excluding hydrogens is 396 g/mol. The lowest BCUT2D eigenvalue weighted by Crippen LogP contribution is -2.52. The van der Waals surface area contributed by atoms with Crippen LogP contribution in [0.5, 0.6) is 0 Å². The van der Waals surface area contributed by atoms with Crippen LogP contribution in [-0.2, 0) is 4.79 Å². The fourth-order valence-electron chi connectivity index (χ4n) is 6.53. The van der Waals surface area contributed by atoms with Gasteiger partial charge in [-0.2, -0.15) is 0 Å². The minimum absolute atomic E-state index is 0.00553. The smallest absolute Gasteiger partial charge is 0.261 e. The molecular formula is C24H36N2O3S. The van der Waals surface area contributed by atoms with Crippen LogP contribution in [-0.4, -0.2) is 46.6 Å². The van der Waals surface area contributed by atoms with Crippen LogP contribution >= 0.6 is 11.3 Å². The Morgan fingerprint density at radius 3 is 2.60 bits per heavy atom. The molecule has 0 aromatic carbocycles. The highest BCUT2D eigenvalue weighted by Gasteiger charge is 2.61. The van der Waals surface area contributed by atoms with Gasteiger partial charge in [-0.25, -0.2) is 0 Å². The minimum atomic E-state index is -0.670. The van der Waals surface area contributed by atoms with Gasteiger partial charge < -0.3 is 15.3 Å². The number of fused-ring (bicyclic) bond motifs is 1. The average molecular weight is 433 g/mol. The molecule has 2 N–H and O–H groups in total.